The van der Waals surface area contributed by atoms with E-state index in [2.05, 4.69) is 30.0 Å². The van der Waals surface area contributed by atoms with Crippen molar-refractivity contribution in [1.82, 2.24) is 4.90 Å². The second-order valence-corrected chi connectivity index (χ2v) is 5.49. The van der Waals surface area contributed by atoms with Crippen LogP contribution >= 0.6 is 0 Å². The van der Waals surface area contributed by atoms with Gasteiger partial charge in [-0.05, 0) is 25.6 Å². The summed E-state index contributed by atoms with van der Waals surface area (Å²) in [6, 6.07) is 14.3. The van der Waals surface area contributed by atoms with Crippen LogP contribution < -0.4 is 14.2 Å². The van der Waals surface area contributed by atoms with Crippen molar-refractivity contribution >= 4 is 0 Å². The standard InChI is InChI=1S/C19H23NO3/c1-3-20(12-15-8-5-6-10-17(15)21-4-2)13-16-9-7-11-18-19(16)23-14-22-18/h5-11H,3-4,12-14H2,1-2H3. The van der Waals surface area contributed by atoms with E-state index < -0.39 is 0 Å². The van der Waals surface area contributed by atoms with E-state index in [0.29, 0.717) is 13.4 Å². The molecule has 0 spiro atoms. The highest BCUT2D eigenvalue weighted by Gasteiger charge is 2.19. The SMILES string of the molecule is CCOc1ccccc1CN(CC)Cc1cccc2c1OCO2. The summed E-state index contributed by atoms with van der Waals surface area (Å²) in [5, 5.41) is 0. The van der Waals surface area contributed by atoms with Gasteiger partial charge in [-0.3, -0.25) is 4.90 Å². The molecule has 23 heavy (non-hydrogen) atoms. The normalized spacial score (nSPS) is 12.7. The summed E-state index contributed by atoms with van der Waals surface area (Å²) >= 11 is 0. The molecule has 1 aliphatic heterocycles. The van der Waals surface area contributed by atoms with Gasteiger partial charge in [0.15, 0.2) is 11.5 Å². The van der Waals surface area contributed by atoms with Crippen LogP contribution in [0, 0.1) is 0 Å². The van der Waals surface area contributed by atoms with E-state index in [1.165, 1.54) is 5.56 Å². The maximum Gasteiger partial charge on any atom is 0.231 e. The Morgan fingerprint density at radius 1 is 0.957 bits per heavy atom. The first-order valence-corrected chi connectivity index (χ1v) is 8.12. The minimum atomic E-state index is 0.311. The van der Waals surface area contributed by atoms with Crippen LogP contribution in [-0.2, 0) is 13.1 Å². The van der Waals surface area contributed by atoms with E-state index >= 15 is 0 Å². The van der Waals surface area contributed by atoms with Crippen LogP contribution in [0.25, 0.3) is 0 Å². The number of ether oxygens (including phenoxy) is 3. The third-order valence-corrected chi connectivity index (χ3v) is 3.99. The van der Waals surface area contributed by atoms with Gasteiger partial charge in [0, 0.05) is 24.2 Å². The monoisotopic (exact) mass is 313 g/mol. The molecule has 0 radical (unpaired) electrons. The maximum absolute atomic E-state index is 5.74. The van der Waals surface area contributed by atoms with Gasteiger partial charge in [-0.2, -0.15) is 0 Å². The lowest BCUT2D eigenvalue weighted by atomic mass is 10.1. The number of nitrogens with zero attached hydrogens (tertiary/aromatic N) is 1. The van der Waals surface area contributed by atoms with Crippen LogP contribution in [0.1, 0.15) is 25.0 Å². The third kappa shape index (κ3) is 3.59. The predicted molar refractivity (Wildman–Crippen MR) is 90.0 cm³/mol. The zero-order valence-electron chi connectivity index (χ0n) is 13.7. The van der Waals surface area contributed by atoms with Crippen LogP contribution in [0.15, 0.2) is 42.5 Å². The van der Waals surface area contributed by atoms with Crippen molar-refractivity contribution < 1.29 is 14.2 Å². The third-order valence-electron chi connectivity index (χ3n) is 3.99. The lowest BCUT2D eigenvalue weighted by molar-refractivity contribution is 0.171. The van der Waals surface area contributed by atoms with Crippen LogP contribution in [0.5, 0.6) is 17.2 Å². The molecule has 0 fully saturated rings. The highest BCUT2D eigenvalue weighted by atomic mass is 16.7. The molecule has 4 nitrogen and oxygen atoms in total. The van der Waals surface area contributed by atoms with Gasteiger partial charge < -0.3 is 14.2 Å². The van der Waals surface area contributed by atoms with Crippen LogP contribution in [0.4, 0.5) is 0 Å². The molecule has 0 saturated heterocycles. The Balaban J connectivity index is 1.75. The molecule has 0 saturated carbocycles. The van der Waals surface area contributed by atoms with Gasteiger partial charge in [0.2, 0.25) is 6.79 Å². The molecule has 122 valence electrons. The van der Waals surface area contributed by atoms with Crippen molar-refractivity contribution in [3.63, 3.8) is 0 Å². The molecule has 3 rings (SSSR count). The van der Waals surface area contributed by atoms with Gasteiger partial charge in [-0.1, -0.05) is 37.3 Å². The van der Waals surface area contributed by atoms with E-state index in [-0.39, 0.29) is 0 Å². The van der Waals surface area contributed by atoms with Crippen LogP contribution in [0.2, 0.25) is 0 Å². The van der Waals surface area contributed by atoms with Crippen molar-refractivity contribution in [2.45, 2.75) is 26.9 Å². The fourth-order valence-corrected chi connectivity index (χ4v) is 2.81. The first kappa shape index (κ1) is 15.7. The molecule has 2 aromatic carbocycles. The summed E-state index contributed by atoms with van der Waals surface area (Å²) in [6.45, 7) is 7.79. The highest BCUT2D eigenvalue weighted by molar-refractivity contribution is 5.48. The molecule has 0 aromatic heterocycles. The molecule has 4 heteroatoms. The van der Waals surface area contributed by atoms with Gasteiger partial charge >= 0.3 is 0 Å². The summed E-state index contributed by atoms with van der Waals surface area (Å²) in [6.07, 6.45) is 0. The molecular formula is C19H23NO3. The van der Waals surface area contributed by atoms with Crippen LogP contribution in [0.3, 0.4) is 0 Å². The molecule has 0 N–H and O–H groups in total. The lowest BCUT2D eigenvalue weighted by Crippen LogP contribution is -2.23. The molecule has 2 aromatic rings. The van der Waals surface area contributed by atoms with Gasteiger partial charge in [0.1, 0.15) is 5.75 Å². The Hall–Kier alpha value is -2.20. The van der Waals surface area contributed by atoms with E-state index in [1.807, 2.05) is 31.2 Å². The zero-order chi connectivity index (χ0) is 16.1. The van der Waals surface area contributed by atoms with Gasteiger partial charge in [-0.15, -0.1) is 0 Å². The second kappa shape index (κ2) is 7.38. The zero-order valence-corrected chi connectivity index (χ0v) is 13.7. The first-order chi connectivity index (χ1) is 11.3. The number of fused-ring (bicyclic) bond motifs is 1. The van der Waals surface area contributed by atoms with E-state index in [9.17, 15) is 0 Å². The van der Waals surface area contributed by atoms with Crippen molar-refractivity contribution in [3.05, 3.63) is 53.6 Å². The van der Waals surface area contributed by atoms with Crippen molar-refractivity contribution in [2.24, 2.45) is 0 Å². The van der Waals surface area contributed by atoms with Crippen molar-refractivity contribution in [3.8, 4) is 17.2 Å². The fourth-order valence-electron chi connectivity index (χ4n) is 2.81. The average molecular weight is 313 g/mol. The van der Waals surface area contributed by atoms with Gasteiger partial charge in [0.25, 0.3) is 0 Å². The quantitative estimate of drug-likeness (QED) is 0.777. The molecular weight excluding hydrogens is 290 g/mol. The molecule has 0 atom stereocenters. The van der Waals surface area contributed by atoms with Gasteiger partial charge in [0.05, 0.1) is 6.61 Å². The lowest BCUT2D eigenvalue weighted by Gasteiger charge is -2.22. The Kier molecular flexibility index (Phi) is 5.03. The van der Waals surface area contributed by atoms with E-state index in [4.69, 9.17) is 14.2 Å². The minimum absolute atomic E-state index is 0.311. The summed E-state index contributed by atoms with van der Waals surface area (Å²) < 4.78 is 16.8. The van der Waals surface area contributed by atoms with Crippen molar-refractivity contribution in [1.29, 1.82) is 0 Å². The smallest absolute Gasteiger partial charge is 0.231 e. The number of para-hydroxylation sites is 2. The Morgan fingerprint density at radius 2 is 1.74 bits per heavy atom. The van der Waals surface area contributed by atoms with Gasteiger partial charge in [-0.25, -0.2) is 0 Å². The number of benzene rings is 2. The summed E-state index contributed by atoms with van der Waals surface area (Å²) in [4.78, 5) is 2.37. The summed E-state index contributed by atoms with van der Waals surface area (Å²) in [5.41, 5.74) is 2.37. The maximum atomic E-state index is 5.74. The molecule has 0 amide bonds. The second-order valence-electron chi connectivity index (χ2n) is 5.49. The Morgan fingerprint density at radius 3 is 2.57 bits per heavy atom. The molecule has 1 aliphatic rings. The highest BCUT2D eigenvalue weighted by Crippen LogP contribution is 2.36. The molecule has 1 heterocycles. The topological polar surface area (TPSA) is 30.9 Å². The fraction of sp³-hybridized carbons (Fsp3) is 0.368. The largest absolute Gasteiger partial charge is 0.494 e. The number of hydrogen-bond acceptors (Lipinski definition) is 4. The number of rotatable bonds is 7. The minimum Gasteiger partial charge on any atom is -0.494 e. The van der Waals surface area contributed by atoms with E-state index in [0.717, 1.165) is 42.4 Å². The van der Waals surface area contributed by atoms with Crippen molar-refractivity contribution in [2.75, 3.05) is 19.9 Å². The molecule has 0 unspecified atom stereocenters. The van der Waals surface area contributed by atoms with E-state index in [1.54, 1.807) is 0 Å². The Labute approximate surface area is 137 Å². The Bertz CT molecular complexity index is 657. The number of hydrogen-bond donors (Lipinski definition) is 0. The summed E-state index contributed by atoms with van der Waals surface area (Å²) in [5.74, 6) is 2.68. The predicted octanol–water partition coefficient (Wildman–Crippen LogP) is 3.84. The molecule has 0 aliphatic carbocycles. The molecule has 0 bridgehead atoms. The average Bonchev–Trinajstić information content (AvgIpc) is 3.06. The van der Waals surface area contributed by atoms with Crippen LogP contribution in [-0.4, -0.2) is 24.8 Å². The first-order valence-electron chi connectivity index (χ1n) is 8.12. The summed E-state index contributed by atoms with van der Waals surface area (Å²) in [7, 11) is 0.